The summed E-state index contributed by atoms with van der Waals surface area (Å²) >= 11 is 0. The van der Waals surface area contributed by atoms with Crippen molar-refractivity contribution in [3.8, 4) is 17.0 Å². The summed E-state index contributed by atoms with van der Waals surface area (Å²) < 4.78 is 45.7. The Hall–Kier alpha value is -4.31. The summed E-state index contributed by atoms with van der Waals surface area (Å²) in [6, 6.07) is 16.7. The SMILES string of the molecule is COC(=O)c1cc(OC)cc(-c2cc3c4c(ccc3n2S(=O)(=O)c2ccc(C)cc2)C(NC(=O)OC(C)(C)C)CC4)c1. The molecule has 0 bridgehead atoms. The van der Waals surface area contributed by atoms with E-state index in [2.05, 4.69) is 5.32 Å². The molecule has 0 spiro atoms. The van der Waals surface area contributed by atoms with E-state index in [-0.39, 0.29) is 16.5 Å². The van der Waals surface area contributed by atoms with E-state index >= 15 is 0 Å². The van der Waals surface area contributed by atoms with Gasteiger partial charge in [0, 0.05) is 10.9 Å². The summed E-state index contributed by atoms with van der Waals surface area (Å²) in [7, 11) is -1.32. The number of hydrogen-bond donors (Lipinski definition) is 1. The van der Waals surface area contributed by atoms with Gasteiger partial charge in [0.05, 0.1) is 41.9 Å². The molecule has 4 aromatic rings. The first-order valence-electron chi connectivity index (χ1n) is 13.6. The number of esters is 1. The maximum absolute atomic E-state index is 14.3. The molecule has 0 saturated heterocycles. The van der Waals surface area contributed by atoms with Crippen molar-refractivity contribution in [2.75, 3.05) is 14.2 Å². The molecule has 0 saturated carbocycles. The zero-order chi connectivity index (χ0) is 30.4. The fourth-order valence-electron chi connectivity index (χ4n) is 5.36. The number of ether oxygens (including phenoxy) is 3. The summed E-state index contributed by atoms with van der Waals surface area (Å²) in [6.07, 6.45) is 0.768. The molecule has 1 amide bonds. The second-order valence-electron chi connectivity index (χ2n) is 11.4. The van der Waals surface area contributed by atoms with Crippen LogP contribution in [0.15, 0.2) is 65.6 Å². The first-order valence-corrected chi connectivity index (χ1v) is 15.0. The third-order valence-corrected chi connectivity index (χ3v) is 9.00. The Kier molecular flexibility index (Phi) is 7.53. The predicted molar refractivity (Wildman–Crippen MR) is 159 cm³/mol. The minimum Gasteiger partial charge on any atom is -0.497 e. The third-order valence-electron chi connectivity index (χ3n) is 7.26. The van der Waals surface area contributed by atoms with Crippen LogP contribution in [0.2, 0.25) is 0 Å². The maximum atomic E-state index is 14.3. The zero-order valence-corrected chi connectivity index (χ0v) is 25.3. The molecule has 1 atom stereocenters. The molecular formula is C32H34N2O7S. The van der Waals surface area contributed by atoms with Crippen molar-refractivity contribution in [3.63, 3.8) is 0 Å². The lowest BCUT2D eigenvalue weighted by Gasteiger charge is -2.22. The van der Waals surface area contributed by atoms with Gasteiger partial charge >= 0.3 is 12.1 Å². The number of rotatable bonds is 6. The number of carbonyl (C=O) groups is 2. The van der Waals surface area contributed by atoms with Gasteiger partial charge in [-0.2, -0.15) is 0 Å². The van der Waals surface area contributed by atoms with E-state index in [1.165, 1.54) is 18.2 Å². The molecule has 1 N–H and O–H groups in total. The smallest absolute Gasteiger partial charge is 0.408 e. The van der Waals surface area contributed by atoms with Gasteiger partial charge in [-0.15, -0.1) is 0 Å². The normalized spacial score (nSPS) is 14.9. The largest absolute Gasteiger partial charge is 0.497 e. The summed E-state index contributed by atoms with van der Waals surface area (Å²) in [4.78, 5) is 25.2. The highest BCUT2D eigenvalue weighted by atomic mass is 32.2. The molecule has 5 rings (SSSR count). The molecule has 1 unspecified atom stereocenters. The summed E-state index contributed by atoms with van der Waals surface area (Å²) in [6.45, 7) is 7.31. The molecule has 10 heteroatoms. The van der Waals surface area contributed by atoms with E-state index in [4.69, 9.17) is 14.2 Å². The highest BCUT2D eigenvalue weighted by Gasteiger charge is 2.31. The third kappa shape index (κ3) is 5.46. The highest BCUT2D eigenvalue weighted by Crippen LogP contribution is 2.41. The van der Waals surface area contributed by atoms with E-state index in [0.29, 0.717) is 35.4 Å². The van der Waals surface area contributed by atoms with Crippen LogP contribution in [0, 0.1) is 6.92 Å². The van der Waals surface area contributed by atoms with Gasteiger partial charge in [0.1, 0.15) is 11.4 Å². The average molecular weight is 591 g/mol. The lowest BCUT2D eigenvalue weighted by atomic mass is 10.0. The summed E-state index contributed by atoms with van der Waals surface area (Å²) in [5.41, 5.74) is 3.71. The Morgan fingerprint density at radius 2 is 1.69 bits per heavy atom. The van der Waals surface area contributed by atoms with Gasteiger partial charge in [0.25, 0.3) is 10.0 Å². The van der Waals surface area contributed by atoms with Crippen molar-refractivity contribution in [1.29, 1.82) is 0 Å². The maximum Gasteiger partial charge on any atom is 0.408 e. The van der Waals surface area contributed by atoms with Gasteiger partial charge in [0.15, 0.2) is 0 Å². The van der Waals surface area contributed by atoms with Gasteiger partial charge in [-0.25, -0.2) is 22.0 Å². The molecular weight excluding hydrogens is 556 g/mol. The van der Waals surface area contributed by atoms with Gasteiger partial charge in [-0.05, 0) is 94.1 Å². The number of amides is 1. The summed E-state index contributed by atoms with van der Waals surface area (Å²) in [5.74, 6) is -0.194. The Labute approximate surface area is 245 Å². The molecule has 1 aromatic heterocycles. The summed E-state index contributed by atoms with van der Waals surface area (Å²) in [5, 5.41) is 3.70. The second-order valence-corrected chi connectivity index (χ2v) is 13.1. The quantitative estimate of drug-likeness (QED) is 0.268. The Bertz CT molecular complexity index is 1800. The second kappa shape index (κ2) is 10.8. The molecule has 42 heavy (non-hydrogen) atoms. The standard InChI is InChI=1S/C32H34N2O7S/c1-19-7-9-23(10-8-19)42(37,38)34-28-14-12-25-24(11-13-27(25)33-31(36)41-32(2,3)4)26(28)18-29(34)20-15-21(30(35)40-6)17-22(16-20)39-5/h7-10,12,14-18,27H,11,13H2,1-6H3,(H,33,36). The van der Waals surface area contributed by atoms with Crippen LogP contribution in [0.25, 0.3) is 22.2 Å². The molecule has 1 aliphatic carbocycles. The number of aryl methyl sites for hydroxylation is 2. The Morgan fingerprint density at radius 3 is 2.33 bits per heavy atom. The van der Waals surface area contributed by atoms with Crippen LogP contribution >= 0.6 is 0 Å². The fraction of sp³-hybridized carbons (Fsp3) is 0.312. The molecule has 0 radical (unpaired) electrons. The first kappa shape index (κ1) is 29.2. The van der Waals surface area contributed by atoms with Crippen LogP contribution in [0.5, 0.6) is 5.75 Å². The number of nitrogens with one attached hydrogen (secondary N) is 1. The van der Waals surface area contributed by atoms with Crippen LogP contribution in [0.4, 0.5) is 4.79 Å². The van der Waals surface area contributed by atoms with E-state index < -0.39 is 27.7 Å². The number of fused-ring (bicyclic) bond motifs is 3. The molecule has 3 aromatic carbocycles. The number of nitrogens with zero attached hydrogens (tertiary/aromatic N) is 1. The number of aromatic nitrogens is 1. The molecule has 1 aliphatic rings. The van der Waals surface area contributed by atoms with Crippen molar-refractivity contribution < 1.29 is 32.2 Å². The number of carbonyl (C=O) groups excluding carboxylic acids is 2. The Balaban J connectivity index is 1.72. The molecule has 0 aliphatic heterocycles. The minimum atomic E-state index is -4.08. The van der Waals surface area contributed by atoms with Crippen LogP contribution < -0.4 is 10.1 Å². The monoisotopic (exact) mass is 590 g/mol. The number of methoxy groups -OCH3 is 2. The van der Waals surface area contributed by atoms with Crippen molar-refractivity contribution in [3.05, 3.63) is 82.9 Å². The lowest BCUT2D eigenvalue weighted by molar-refractivity contribution is 0.0502. The zero-order valence-electron chi connectivity index (χ0n) is 24.5. The molecule has 220 valence electrons. The predicted octanol–water partition coefficient (Wildman–Crippen LogP) is 6.16. The fourth-order valence-corrected chi connectivity index (χ4v) is 6.88. The first-order chi connectivity index (χ1) is 19.8. The lowest BCUT2D eigenvalue weighted by Crippen LogP contribution is -2.34. The van der Waals surface area contributed by atoms with E-state index in [1.807, 2.05) is 39.8 Å². The number of benzene rings is 3. The van der Waals surface area contributed by atoms with Crippen LogP contribution in [-0.4, -0.2) is 44.3 Å². The van der Waals surface area contributed by atoms with Crippen molar-refractivity contribution >= 4 is 33.0 Å². The average Bonchev–Trinajstić information content (AvgIpc) is 3.53. The van der Waals surface area contributed by atoms with Crippen LogP contribution in [0.1, 0.15) is 60.3 Å². The van der Waals surface area contributed by atoms with Gasteiger partial charge in [-0.3, -0.25) is 0 Å². The van der Waals surface area contributed by atoms with E-state index in [9.17, 15) is 18.0 Å². The minimum absolute atomic E-state index is 0.132. The number of hydrogen-bond acceptors (Lipinski definition) is 7. The van der Waals surface area contributed by atoms with Crippen LogP contribution in [-0.2, 0) is 25.9 Å². The Morgan fingerprint density at radius 1 is 0.976 bits per heavy atom. The van der Waals surface area contributed by atoms with Crippen molar-refractivity contribution in [2.24, 2.45) is 0 Å². The van der Waals surface area contributed by atoms with Crippen molar-refractivity contribution in [1.82, 2.24) is 9.29 Å². The van der Waals surface area contributed by atoms with Gasteiger partial charge < -0.3 is 19.5 Å². The highest BCUT2D eigenvalue weighted by molar-refractivity contribution is 7.90. The van der Waals surface area contributed by atoms with E-state index in [0.717, 1.165) is 22.1 Å². The molecule has 0 fully saturated rings. The number of alkyl carbamates (subject to hydrolysis) is 1. The molecule has 9 nitrogen and oxygen atoms in total. The van der Waals surface area contributed by atoms with Gasteiger partial charge in [0.2, 0.25) is 0 Å². The molecule has 1 heterocycles. The van der Waals surface area contributed by atoms with Crippen molar-refractivity contribution in [2.45, 2.75) is 57.1 Å². The van der Waals surface area contributed by atoms with Gasteiger partial charge in [-0.1, -0.05) is 23.8 Å². The topological polar surface area (TPSA) is 113 Å². The van der Waals surface area contributed by atoms with Crippen LogP contribution in [0.3, 0.4) is 0 Å². The van der Waals surface area contributed by atoms with E-state index in [1.54, 1.807) is 48.5 Å².